The Morgan fingerprint density at radius 3 is 0.500 bits per heavy atom. The molecule has 0 aromatic rings. The van der Waals surface area contributed by atoms with Gasteiger partial charge in [-0.3, -0.25) is 0 Å². The van der Waals surface area contributed by atoms with E-state index in [0.29, 0.717) is 0 Å². The van der Waals surface area contributed by atoms with E-state index in [1.165, 1.54) is 0 Å². The highest BCUT2D eigenvalue weighted by Crippen LogP contribution is 1.14. The maximum absolute atomic E-state index is 2.00. The van der Waals surface area contributed by atoms with Crippen LogP contribution in [0.2, 0.25) is 0 Å². The van der Waals surface area contributed by atoms with E-state index in [0.717, 1.165) is 0 Å². The van der Waals surface area contributed by atoms with Crippen LogP contribution in [-0.4, -0.2) is 0 Å². The molecule has 0 unspecified atom stereocenters. The van der Waals surface area contributed by atoms with Crippen molar-refractivity contribution in [2.75, 3.05) is 0 Å². The Kier molecular flexibility index (Phi) is 270. The summed E-state index contributed by atoms with van der Waals surface area (Å²) in [5, 5.41) is 0. The molecule has 0 saturated heterocycles. The van der Waals surface area contributed by atoms with Crippen molar-refractivity contribution in [3.63, 3.8) is 0 Å². The summed E-state index contributed by atoms with van der Waals surface area (Å²) in [7, 11) is 0. The largest absolute Gasteiger partial charge is 0.107 e. The number of hydrogen-bond donors (Lipinski definition) is 0. The summed E-state index contributed by atoms with van der Waals surface area (Å²) in [5.74, 6) is 0. The quantitative estimate of drug-likeness (QED) is 0.412. The molecule has 0 saturated carbocycles. The highest BCUT2D eigenvalue weighted by molar-refractivity contribution is 14.0. The summed E-state index contributed by atoms with van der Waals surface area (Å²) in [6, 6.07) is 0. The second-order valence-corrected chi connectivity index (χ2v) is 0. The Bertz CT molecular complexity index is 5.51. The lowest BCUT2D eigenvalue weighted by molar-refractivity contribution is 1.50. The van der Waals surface area contributed by atoms with Gasteiger partial charge in [-0.2, -0.15) is 0 Å². The van der Waals surface area contributed by atoms with Crippen molar-refractivity contribution < 1.29 is 0 Å². The van der Waals surface area contributed by atoms with Gasteiger partial charge in [-0.25, -0.2) is 0 Å². The molecular weight excluding hydrogens is 532 g/mol. The molecule has 0 nitrogen and oxygen atoms in total. The molecule has 0 aliphatic rings. The highest BCUT2D eigenvalue weighted by Gasteiger charge is 0.932. The van der Waals surface area contributed by atoms with Crippen LogP contribution in [0, 0.1) is 0 Å². The molecule has 46 valence electrons. The van der Waals surface area contributed by atoms with Crippen LogP contribution in [0.15, 0.2) is 0 Å². The molecule has 0 heterocycles. The van der Waals surface area contributed by atoms with Gasteiger partial charge in [0.15, 0.2) is 0 Å². The predicted octanol–water partition coefficient (Wildman–Crippen LogP) is 3.50. The molecule has 0 aromatic heterocycles. The topological polar surface area (TPSA) is 0 Å². The Balaban J connectivity index is -0.000000000833. The van der Waals surface area contributed by atoms with E-state index in [-0.39, 0.29) is 95.9 Å². The molecule has 0 aromatic carbocycles. The first-order valence-corrected chi connectivity index (χ1v) is 1.00. The lowest BCUT2D eigenvalue weighted by atomic mass is 11.0. The third kappa shape index (κ3) is 28.4. The summed E-state index contributed by atoms with van der Waals surface area (Å²) in [5.41, 5.74) is 0. The van der Waals surface area contributed by atoms with Gasteiger partial charge in [0.05, 0.1) is 0 Å². The Hall–Kier alpha value is 2.92. The summed E-state index contributed by atoms with van der Waals surface area (Å²) in [4.78, 5) is 0. The molecule has 0 N–H and O–H groups in total. The molecule has 6 heavy (non-hydrogen) atoms. The van der Waals surface area contributed by atoms with Crippen molar-refractivity contribution >= 4 is 95.9 Å². The number of hydrogen-bond acceptors (Lipinski definition) is 0. The Morgan fingerprint density at radius 1 is 0.500 bits per heavy atom. The monoisotopic (exact) mass is 542 g/mol. The van der Waals surface area contributed by atoms with Crippen molar-refractivity contribution in [1.82, 2.24) is 0 Å². The fourth-order valence-corrected chi connectivity index (χ4v) is 0. The van der Waals surface area contributed by atoms with Gasteiger partial charge in [-0.15, -0.1) is 95.9 Å². The van der Waals surface area contributed by atoms with Crippen LogP contribution in [-0.2, 0) is 0 Å². The smallest absolute Gasteiger partial charge is 0.0683 e. The summed E-state index contributed by atoms with van der Waals surface area (Å²) >= 11 is 0. The number of rotatable bonds is 0. The van der Waals surface area contributed by atoms with E-state index in [9.17, 15) is 0 Å². The lowest BCUT2D eigenvalue weighted by Gasteiger charge is -1.07. The van der Waals surface area contributed by atoms with Crippen LogP contribution in [0.25, 0.3) is 0 Å². The lowest BCUT2D eigenvalue weighted by Crippen LogP contribution is -0.856. The highest BCUT2D eigenvalue weighted by atomic mass is 127. The molecule has 0 bridgehead atoms. The van der Waals surface area contributed by atoms with E-state index >= 15 is 0 Å². The van der Waals surface area contributed by atoms with Gasteiger partial charge >= 0.3 is 0 Å². The zero-order chi connectivity index (χ0) is 2.00. The summed E-state index contributed by atoms with van der Waals surface area (Å²) < 4.78 is 0. The van der Waals surface area contributed by atoms with Crippen LogP contribution in [0.5, 0.6) is 0 Å². The zero-order valence-electron chi connectivity index (χ0n) is 3.63. The van der Waals surface area contributed by atoms with Crippen molar-refractivity contribution in [1.29, 1.82) is 0 Å². The van der Waals surface area contributed by atoms with Crippen LogP contribution in [0.1, 0.15) is 13.8 Å². The average molecular weight is 542 g/mol. The molecule has 0 spiro atoms. The maximum Gasteiger partial charge on any atom is -0.0683 e. The first kappa shape index (κ1) is 36.4. The maximum atomic E-state index is 2.00. The van der Waals surface area contributed by atoms with Gasteiger partial charge in [0, 0.05) is 0 Å². The standard InChI is InChI=1S/C2H6.4HI/c1-2;;;;/h1-2H3;4*1H. The van der Waals surface area contributed by atoms with Gasteiger partial charge in [0.2, 0.25) is 0 Å². The fourth-order valence-electron chi connectivity index (χ4n) is 0. The van der Waals surface area contributed by atoms with E-state index in [1.54, 1.807) is 0 Å². The van der Waals surface area contributed by atoms with Crippen LogP contribution < -0.4 is 0 Å². The van der Waals surface area contributed by atoms with Crippen LogP contribution in [0.4, 0.5) is 0 Å². The van der Waals surface area contributed by atoms with Crippen LogP contribution >= 0.6 is 95.9 Å². The second-order valence-electron chi connectivity index (χ2n) is 0. The van der Waals surface area contributed by atoms with Crippen molar-refractivity contribution in [2.45, 2.75) is 13.8 Å². The van der Waals surface area contributed by atoms with E-state index < -0.39 is 0 Å². The summed E-state index contributed by atoms with van der Waals surface area (Å²) in [6.07, 6.45) is 0. The number of halogens is 4. The molecule has 0 radical (unpaired) electrons. The minimum absolute atomic E-state index is 0. The molecule has 0 amide bonds. The molecule has 0 rings (SSSR count). The molecular formula is C2H10I4. The third-order valence-electron chi connectivity index (χ3n) is 0. The van der Waals surface area contributed by atoms with E-state index in [4.69, 9.17) is 0 Å². The van der Waals surface area contributed by atoms with Gasteiger partial charge in [0.25, 0.3) is 0 Å². The summed E-state index contributed by atoms with van der Waals surface area (Å²) in [6.45, 7) is 4.00. The first-order valence-electron chi connectivity index (χ1n) is 1.00. The average Bonchev–Trinajstić information content (AvgIpc) is 1.00. The van der Waals surface area contributed by atoms with Gasteiger partial charge < -0.3 is 0 Å². The molecule has 4 heteroatoms. The van der Waals surface area contributed by atoms with Gasteiger partial charge in [-0.1, -0.05) is 13.8 Å². The van der Waals surface area contributed by atoms with Gasteiger partial charge in [0.1, 0.15) is 0 Å². The van der Waals surface area contributed by atoms with E-state index in [2.05, 4.69) is 0 Å². The Morgan fingerprint density at radius 2 is 0.500 bits per heavy atom. The normalized spacial score (nSPS) is 1.00. The van der Waals surface area contributed by atoms with Gasteiger partial charge in [-0.05, 0) is 0 Å². The zero-order valence-corrected chi connectivity index (χ0v) is 13.0. The Labute approximate surface area is 108 Å². The molecule has 0 aliphatic heterocycles. The molecule has 0 fully saturated rings. The molecule has 0 aliphatic carbocycles. The second kappa shape index (κ2) is 44.5. The van der Waals surface area contributed by atoms with Crippen LogP contribution in [0.3, 0.4) is 0 Å². The van der Waals surface area contributed by atoms with E-state index in [1.807, 2.05) is 13.8 Å². The minimum Gasteiger partial charge on any atom is -0.107 e. The van der Waals surface area contributed by atoms with Crippen molar-refractivity contribution in [3.8, 4) is 0 Å². The predicted molar refractivity (Wildman–Crippen MR) is 73.0 cm³/mol. The molecule has 0 atom stereocenters. The minimum atomic E-state index is 0. The van der Waals surface area contributed by atoms with Crippen molar-refractivity contribution in [2.24, 2.45) is 0 Å². The fraction of sp³-hybridized carbons (Fsp3) is 1.00. The SMILES string of the molecule is CC.I.I.I.I. The third-order valence-corrected chi connectivity index (χ3v) is 0. The first-order chi connectivity index (χ1) is 1.00. The van der Waals surface area contributed by atoms with Crippen molar-refractivity contribution in [3.05, 3.63) is 0 Å².